The van der Waals surface area contributed by atoms with E-state index in [2.05, 4.69) is 10.3 Å². The van der Waals surface area contributed by atoms with Gasteiger partial charge in [-0.3, -0.25) is 0 Å². The first-order chi connectivity index (χ1) is 7.77. The molecule has 2 aromatic rings. The number of phenols is 1. The molecular weight excluding hydrogens is 220 g/mol. The van der Waals surface area contributed by atoms with Crippen LogP contribution in [0.1, 0.15) is 16.1 Å². The normalized spacial score (nSPS) is 10.6. The van der Waals surface area contributed by atoms with Gasteiger partial charge in [-0.05, 0) is 13.0 Å². The molecule has 0 atom stereocenters. The maximum absolute atomic E-state index is 9.57. The van der Waals surface area contributed by atoms with Crippen molar-refractivity contribution in [3.05, 3.63) is 45.9 Å². The number of para-hydroxylation sites is 1. The molecule has 16 heavy (non-hydrogen) atoms. The van der Waals surface area contributed by atoms with E-state index in [-0.39, 0.29) is 0 Å². The lowest BCUT2D eigenvalue weighted by Crippen LogP contribution is -2.12. The fourth-order valence-electron chi connectivity index (χ4n) is 1.47. The van der Waals surface area contributed by atoms with Gasteiger partial charge in [0.15, 0.2) is 0 Å². The Labute approximate surface area is 98.8 Å². The number of phenolic OH excluding ortho intramolecular Hbond substituents is 1. The molecule has 0 saturated heterocycles. The standard InChI is InChI=1S/C12H14N2OS/c1-9-12(16-8-14-9)7-13-6-10-4-2-3-5-11(10)15/h2-5,8,13,15H,6-7H2,1H3. The first-order valence-electron chi connectivity index (χ1n) is 5.14. The van der Waals surface area contributed by atoms with Crippen LogP contribution in [-0.2, 0) is 13.1 Å². The summed E-state index contributed by atoms with van der Waals surface area (Å²) < 4.78 is 0. The van der Waals surface area contributed by atoms with Crippen molar-refractivity contribution in [2.24, 2.45) is 0 Å². The van der Waals surface area contributed by atoms with E-state index in [9.17, 15) is 5.11 Å². The molecule has 2 N–H and O–H groups in total. The molecule has 0 unspecified atom stereocenters. The first kappa shape index (κ1) is 11.1. The van der Waals surface area contributed by atoms with Crippen LogP contribution in [0, 0.1) is 6.92 Å². The fourth-order valence-corrected chi connectivity index (χ4v) is 2.21. The molecule has 0 radical (unpaired) electrons. The van der Waals surface area contributed by atoms with Gasteiger partial charge in [0, 0.05) is 23.5 Å². The summed E-state index contributed by atoms with van der Waals surface area (Å²) in [5, 5.41) is 12.9. The minimum Gasteiger partial charge on any atom is -0.508 e. The quantitative estimate of drug-likeness (QED) is 0.854. The lowest BCUT2D eigenvalue weighted by atomic mass is 10.2. The Kier molecular flexibility index (Phi) is 3.54. The average molecular weight is 234 g/mol. The van der Waals surface area contributed by atoms with Gasteiger partial charge in [-0.2, -0.15) is 0 Å². The number of aromatic hydroxyl groups is 1. The van der Waals surface area contributed by atoms with E-state index in [4.69, 9.17) is 0 Å². The van der Waals surface area contributed by atoms with E-state index in [1.807, 2.05) is 30.6 Å². The van der Waals surface area contributed by atoms with Crippen molar-refractivity contribution in [3.8, 4) is 5.75 Å². The SMILES string of the molecule is Cc1ncsc1CNCc1ccccc1O. The van der Waals surface area contributed by atoms with E-state index in [1.54, 1.807) is 17.4 Å². The molecule has 1 aromatic carbocycles. The van der Waals surface area contributed by atoms with Gasteiger partial charge in [-0.15, -0.1) is 11.3 Å². The highest BCUT2D eigenvalue weighted by molar-refractivity contribution is 7.09. The Morgan fingerprint density at radius 2 is 2.12 bits per heavy atom. The predicted octanol–water partition coefficient (Wildman–Crippen LogP) is 2.45. The van der Waals surface area contributed by atoms with Crippen molar-refractivity contribution < 1.29 is 5.11 Å². The average Bonchev–Trinajstić information content (AvgIpc) is 2.67. The number of rotatable bonds is 4. The molecule has 0 spiro atoms. The van der Waals surface area contributed by atoms with Gasteiger partial charge < -0.3 is 10.4 Å². The van der Waals surface area contributed by atoms with Gasteiger partial charge in [0.05, 0.1) is 11.2 Å². The number of aromatic nitrogens is 1. The third kappa shape index (κ3) is 2.59. The summed E-state index contributed by atoms with van der Waals surface area (Å²) in [5.74, 6) is 0.344. The smallest absolute Gasteiger partial charge is 0.120 e. The van der Waals surface area contributed by atoms with Gasteiger partial charge >= 0.3 is 0 Å². The lowest BCUT2D eigenvalue weighted by Gasteiger charge is -2.05. The Morgan fingerprint density at radius 3 is 2.81 bits per heavy atom. The molecule has 3 nitrogen and oxygen atoms in total. The molecule has 84 valence electrons. The summed E-state index contributed by atoms with van der Waals surface area (Å²) >= 11 is 1.65. The fraction of sp³-hybridized carbons (Fsp3) is 0.250. The van der Waals surface area contributed by atoms with Gasteiger partial charge in [-0.25, -0.2) is 4.98 Å². The van der Waals surface area contributed by atoms with Crippen LogP contribution in [0.4, 0.5) is 0 Å². The molecular formula is C12H14N2OS. The molecule has 0 aliphatic carbocycles. The maximum atomic E-state index is 9.57. The number of thiazole rings is 1. The van der Waals surface area contributed by atoms with E-state index < -0.39 is 0 Å². The molecule has 0 bridgehead atoms. The number of hydrogen-bond donors (Lipinski definition) is 2. The second-order valence-electron chi connectivity index (χ2n) is 3.59. The molecule has 0 saturated carbocycles. The Morgan fingerprint density at radius 1 is 1.31 bits per heavy atom. The van der Waals surface area contributed by atoms with Crippen LogP contribution in [0.2, 0.25) is 0 Å². The topological polar surface area (TPSA) is 45.2 Å². The van der Waals surface area contributed by atoms with Gasteiger partial charge in [0.25, 0.3) is 0 Å². The summed E-state index contributed by atoms with van der Waals surface area (Å²) in [5.41, 5.74) is 3.85. The van der Waals surface area contributed by atoms with Crippen molar-refractivity contribution >= 4 is 11.3 Å². The minimum absolute atomic E-state index is 0.344. The summed E-state index contributed by atoms with van der Waals surface area (Å²) in [4.78, 5) is 5.43. The predicted molar refractivity (Wildman–Crippen MR) is 65.5 cm³/mol. The number of aryl methyl sites for hydroxylation is 1. The zero-order valence-corrected chi connectivity index (χ0v) is 9.92. The summed E-state index contributed by atoms with van der Waals surface area (Å²) in [6.45, 7) is 3.47. The van der Waals surface area contributed by atoms with E-state index in [0.717, 1.165) is 17.8 Å². The van der Waals surface area contributed by atoms with Crippen molar-refractivity contribution in [2.45, 2.75) is 20.0 Å². The van der Waals surface area contributed by atoms with Crippen LogP contribution in [0.3, 0.4) is 0 Å². The zero-order valence-electron chi connectivity index (χ0n) is 9.10. The molecule has 1 aromatic heterocycles. The van der Waals surface area contributed by atoms with E-state index in [1.165, 1.54) is 4.88 Å². The van der Waals surface area contributed by atoms with Crippen LogP contribution in [-0.4, -0.2) is 10.1 Å². The van der Waals surface area contributed by atoms with Gasteiger partial charge in [0.1, 0.15) is 5.75 Å². The maximum Gasteiger partial charge on any atom is 0.120 e. The molecule has 2 rings (SSSR count). The van der Waals surface area contributed by atoms with Crippen LogP contribution >= 0.6 is 11.3 Å². The second kappa shape index (κ2) is 5.09. The molecule has 0 amide bonds. The monoisotopic (exact) mass is 234 g/mol. The minimum atomic E-state index is 0.344. The molecule has 0 fully saturated rings. The number of benzene rings is 1. The summed E-state index contributed by atoms with van der Waals surface area (Å²) in [6.07, 6.45) is 0. The van der Waals surface area contributed by atoms with Gasteiger partial charge in [-0.1, -0.05) is 18.2 Å². The third-order valence-corrected chi connectivity index (χ3v) is 3.37. The third-order valence-electron chi connectivity index (χ3n) is 2.44. The van der Waals surface area contributed by atoms with E-state index in [0.29, 0.717) is 12.3 Å². The first-order valence-corrected chi connectivity index (χ1v) is 6.02. The van der Waals surface area contributed by atoms with Gasteiger partial charge in [0.2, 0.25) is 0 Å². The Balaban J connectivity index is 1.89. The number of hydrogen-bond acceptors (Lipinski definition) is 4. The van der Waals surface area contributed by atoms with Crippen LogP contribution < -0.4 is 5.32 Å². The molecule has 1 heterocycles. The van der Waals surface area contributed by atoms with Crippen molar-refractivity contribution in [2.75, 3.05) is 0 Å². The summed E-state index contributed by atoms with van der Waals surface area (Å²) in [6, 6.07) is 7.37. The highest BCUT2D eigenvalue weighted by Crippen LogP contribution is 2.16. The highest BCUT2D eigenvalue weighted by atomic mass is 32.1. The Hall–Kier alpha value is -1.39. The van der Waals surface area contributed by atoms with Crippen molar-refractivity contribution in [3.63, 3.8) is 0 Å². The highest BCUT2D eigenvalue weighted by Gasteiger charge is 2.02. The number of nitrogens with zero attached hydrogens (tertiary/aromatic N) is 1. The molecule has 4 heteroatoms. The lowest BCUT2D eigenvalue weighted by molar-refractivity contribution is 0.464. The largest absolute Gasteiger partial charge is 0.508 e. The van der Waals surface area contributed by atoms with E-state index >= 15 is 0 Å². The molecule has 0 aliphatic rings. The van der Waals surface area contributed by atoms with Crippen molar-refractivity contribution in [1.82, 2.24) is 10.3 Å². The zero-order chi connectivity index (χ0) is 11.4. The van der Waals surface area contributed by atoms with Crippen molar-refractivity contribution in [1.29, 1.82) is 0 Å². The van der Waals surface area contributed by atoms with Crippen LogP contribution in [0.15, 0.2) is 29.8 Å². The number of nitrogens with one attached hydrogen (secondary N) is 1. The van der Waals surface area contributed by atoms with Crippen LogP contribution in [0.25, 0.3) is 0 Å². The summed E-state index contributed by atoms with van der Waals surface area (Å²) in [7, 11) is 0. The van der Waals surface area contributed by atoms with Crippen LogP contribution in [0.5, 0.6) is 5.75 Å². The second-order valence-corrected chi connectivity index (χ2v) is 4.53. The Bertz CT molecular complexity index is 468. The molecule has 0 aliphatic heterocycles.